The number of benzene rings is 1. The minimum absolute atomic E-state index is 0.0933. The highest BCUT2D eigenvalue weighted by Gasteiger charge is 2.80. The van der Waals surface area contributed by atoms with Crippen molar-refractivity contribution in [1.82, 2.24) is 0 Å². The number of esters is 1. The van der Waals surface area contributed by atoms with Crippen LogP contribution < -0.4 is 0 Å². The van der Waals surface area contributed by atoms with E-state index in [0.717, 1.165) is 0 Å². The van der Waals surface area contributed by atoms with Crippen molar-refractivity contribution in [1.29, 1.82) is 0 Å². The van der Waals surface area contributed by atoms with Crippen LogP contribution in [-0.2, 0) is 46.5 Å². The predicted molar refractivity (Wildman–Crippen MR) is 154 cm³/mol. The van der Waals surface area contributed by atoms with Crippen LogP contribution in [0.3, 0.4) is 0 Å². The van der Waals surface area contributed by atoms with Crippen molar-refractivity contribution >= 4 is 17.5 Å². The van der Waals surface area contributed by atoms with Gasteiger partial charge in [0.2, 0.25) is 5.78 Å². The predicted octanol–water partition coefficient (Wildman–Crippen LogP) is 3.92. The first-order valence-electron chi connectivity index (χ1n) is 15.3. The van der Waals surface area contributed by atoms with E-state index in [1.165, 1.54) is 6.08 Å². The molecule has 0 amide bonds. The van der Waals surface area contributed by atoms with Gasteiger partial charge < -0.3 is 24.2 Å². The van der Waals surface area contributed by atoms with Crippen LogP contribution in [0.25, 0.3) is 0 Å². The Morgan fingerprint density at radius 1 is 1.18 bits per heavy atom. The Bertz CT molecular complexity index is 1520. The van der Waals surface area contributed by atoms with Gasteiger partial charge in [-0.05, 0) is 63.2 Å². The molecule has 1 N–H and O–H groups in total. The highest BCUT2D eigenvalue weighted by atomic mass is 19.1. The summed E-state index contributed by atoms with van der Waals surface area (Å²) >= 11 is 0. The maximum atomic E-state index is 17.6. The second kappa shape index (κ2) is 10.5. The first-order chi connectivity index (χ1) is 21.1. The Morgan fingerprint density at radius 2 is 1.91 bits per heavy atom. The maximum absolute atomic E-state index is 17.6. The van der Waals surface area contributed by atoms with Crippen LogP contribution in [0.1, 0.15) is 64.5 Å². The fourth-order valence-corrected chi connectivity index (χ4v) is 9.14. The number of fused-ring (bicyclic) bond motifs is 7. The normalized spacial score (nSPS) is 39.2. The van der Waals surface area contributed by atoms with E-state index < -0.39 is 75.4 Å². The number of alkyl halides is 1. The van der Waals surface area contributed by atoms with E-state index in [0.29, 0.717) is 29.5 Å². The molecule has 12 heteroatoms. The van der Waals surface area contributed by atoms with Crippen LogP contribution in [-0.4, -0.2) is 63.6 Å². The average Bonchev–Trinajstić information content (AvgIpc) is 3.37. The van der Waals surface area contributed by atoms with Gasteiger partial charge in [-0.3, -0.25) is 14.4 Å². The summed E-state index contributed by atoms with van der Waals surface area (Å²) in [7, 11) is 0. The van der Waals surface area contributed by atoms with Crippen molar-refractivity contribution in [3.63, 3.8) is 0 Å². The molecule has 1 aliphatic heterocycles. The number of rotatable bonds is 8. The van der Waals surface area contributed by atoms with Crippen molar-refractivity contribution in [2.45, 2.75) is 95.7 Å². The zero-order valence-corrected chi connectivity index (χ0v) is 25.7. The molecule has 242 valence electrons. The lowest BCUT2D eigenvalue weighted by Crippen LogP contribution is -2.69. The minimum Gasteiger partial charge on any atom is -0.457 e. The number of nitrogens with zero attached hydrogens (tertiary/aromatic N) is 1. The number of ketones is 2. The molecule has 8 atom stereocenters. The number of aliphatic hydroxyl groups excluding tert-OH is 1. The van der Waals surface area contributed by atoms with Gasteiger partial charge >= 0.3 is 5.97 Å². The zero-order valence-electron chi connectivity index (χ0n) is 25.7. The van der Waals surface area contributed by atoms with Crippen molar-refractivity contribution < 1.29 is 48.0 Å². The number of allylic oxidation sites excluding steroid dienone is 4. The number of aliphatic hydroxyl groups is 1. The number of Topliss-reactive ketones (excluding diaryl/α,β-unsaturated/α-hetero) is 1. The fraction of sp³-hybridized carbons (Fsp3) is 0.606. The van der Waals surface area contributed by atoms with Gasteiger partial charge in [0, 0.05) is 23.2 Å². The summed E-state index contributed by atoms with van der Waals surface area (Å²) in [4.78, 5) is 54.2. The Labute approximate surface area is 259 Å². The van der Waals surface area contributed by atoms with Crippen LogP contribution in [0.15, 0.2) is 48.1 Å². The monoisotopic (exact) mass is 627 g/mol. The summed E-state index contributed by atoms with van der Waals surface area (Å²) in [6.45, 7) is 6.07. The van der Waals surface area contributed by atoms with E-state index in [4.69, 9.17) is 14.2 Å². The largest absolute Gasteiger partial charge is 0.457 e. The van der Waals surface area contributed by atoms with Crippen LogP contribution >= 0.6 is 0 Å². The van der Waals surface area contributed by atoms with E-state index in [1.807, 2.05) is 13.0 Å². The Morgan fingerprint density at radius 3 is 2.64 bits per heavy atom. The number of hydrogen-bond acceptors (Lipinski definition) is 10. The second-order valence-electron chi connectivity index (χ2n) is 13.9. The quantitative estimate of drug-likeness (QED) is 0.194. The van der Waals surface area contributed by atoms with Crippen molar-refractivity contribution in [2.75, 3.05) is 6.61 Å². The fourth-order valence-electron chi connectivity index (χ4n) is 9.14. The molecule has 1 aromatic rings. The number of carbonyl (C=O) groups is 3. The van der Waals surface area contributed by atoms with E-state index in [-0.39, 0.29) is 31.7 Å². The lowest BCUT2D eigenvalue weighted by atomic mass is 9.45. The highest BCUT2D eigenvalue weighted by molar-refractivity contribution is 5.94. The molecule has 11 nitrogen and oxygen atoms in total. The van der Waals surface area contributed by atoms with Gasteiger partial charge in [0.15, 0.2) is 29.4 Å². The van der Waals surface area contributed by atoms with Gasteiger partial charge in [-0.2, -0.15) is 0 Å². The van der Waals surface area contributed by atoms with Crippen molar-refractivity contribution in [3.05, 3.63) is 69.3 Å². The molecule has 1 unspecified atom stereocenters. The minimum atomic E-state index is -2.08. The van der Waals surface area contributed by atoms with Crippen LogP contribution in [0, 0.1) is 32.8 Å². The molecule has 1 heterocycles. The molecule has 1 saturated heterocycles. The summed E-state index contributed by atoms with van der Waals surface area (Å²) < 4.78 is 35.8. The molecule has 3 fully saturated rings. The molecule has 6 rings (SSSR count). The van der Waals surface area contributed by atoms with Gasteiger partial charge in [-0.1, -0.05) is 48.9 Å². The molecule has 0 spiro atoms. The molecule has 4 aliphatic carbocycles. The molecule has 0 aromatic heterocycles. The molecule has 1 aromatic carbocycles. The van der Waals surface area contributed by atoms with Crippen LogP contribution in [0.5, 0.6) is 0 Å². The highest BCUT2D eigenvalue weighted by Crippen LogP contribution is 2.71. The SMILES string of the molecule is CC1(C)O[C@@H]2C[C@H]3C4CC=C5CC(=O)C=C[C@]5(C)[C@@]4(F)[C@@H](O)C[C@]3(C)[C@]2(C(=O)COC(=O)Cc2cccc(CO[N+](=O)[O-])c2)O1. The van der Waals surface area contributed by atoms with E-state index in [1.54, 1.807) is 51.1 Å². The number of carbonyl (C=O) groups excluding carboxylic acids is 3. The molecule has 0 bridgehead atoms. The topological polar surface area (TPSA) is 152 Å². The summed E-state index contributed by atoms with van der Waals surface area (Å²) in [6.07, 6.45) is 3.09. The molecule has 2 saturated carbocycles. The third kappa shape index (κ3) is 4.67. The van der Waals surface area contributed by atoms with Gasteiger partial charge in [-0.25, -0.2) is 4.39 Å². The third-order valence-electron chi connectivity index (χ3n) is 11.1. The van der Waals surface area contributed by atoms with Crippen molar-refractivity contribution in [2.24, 2.45) is 22.7 Å². The summed E-state index contributed by atoms with van der Waals surface area (Å²) in [5, 5.41) is 21.3. The lowest BCUT2D eigenvalue weighted by Gasteiger charge is -2.62. The third-order valence-corrected chi connectivity index (χ3v) is 11.1. The standard InChI is InChI=1S/C33H38FNO10/c1-29(2)44-27-15-24-23-9-8-21-14-22(36)10-11-30(21,3)32(23,34)25(37)16-31(24,4)33(27,45-29)26(38)18-42-28(39)13-19-6-5-7-20(12-19)17-43-35(40)41/h5-8,10-12,23-25,27,37H,9,13-18H2,1-4H3/t23?,24-,25-,27+,30-,31-,32-,33+/m0/s1. The van der Waals surface area contributed by atoms with E-state index in [9.17, 15) is 29.6 Å². The summed E-state index contributed by atoms with van der Waals surface area (Å²) in [5.74, 6) is -3.58. The van der Waals surface area contributed by atoms with E-state index >= 15 is 4.39 Å². The van der Waals surface area contributed by atoms with Crippen LogP contribution in [0.2, 0.25) is 0 Å². The van der Waals surface area contributed by atoms with Crippen molar-refractivity contribution in [3.8, 4) is 0 Å². The Hall–Kier alpha value is -3.48. The molecule has 5 aliphatic rings. The number of ether oxygens (including phenoxy) is 3. The van der Waals surface area contributed by atoms with Gasteiger partial charge in [-0.15, -0.1) is 10.1 Å². The van der Waals surface area contributed by atoms with Crippen LogP contribution in [0.4, 0.5) is 4.39 Å². The van der Waals surface area contributed by atoms with Gasteiger partial charge in [0.05, 0.1) is 18.6 Å². The summed E-state index contributed by atoms with van der Waals surface area (Å²) in [6, 6.07) is 6.48. The number of hydrogen-bond donors (Lipinski definition) is 1. The maximum Gasteiger partial charge on any atom is 0.310 e. The first kappa shape index (κ1) is 31.5. The first-order valence-corrected chi connectivity index (χ1v) is 15.3. The van der Waals surface area contributed by atoms with Gasteiger partial charge in [0.1, 0.15) is 6.61 Å². The molecular weight excluding hydrogens is 589 g/mol. The second-order valence-corrected chi connectivity index (χ2v) is 13.9. The summed E-state index contributed by atoms with van der Waals surface area (Å²) in [5.41, 5.74) is -4.24. The molecular formula is C33H38FNO10. The van der Waals surface area contributed by atoms with Gasteiger partial charge in [0.25, 0.3) is 5.09 Å². The smallest absolute Gasteiger partial charge is 0.310 e. The Kier molecular flexibility index (Phi) is 7.37. The molecule has 45 heavy (non-hydrogen) atoms. The molecule has 0 radical (unpaired) electrons. The average molecular weight is 628 g/mol. The number of halogens is 1. The Balaban J connectivity index is 1.25. The lowest BCUT2D eigenvalue weighted by molar-refractivity contribution is -0.763. The van der Waals surface area contributed by atoms with E-state index in [2.05, 4.69) is 4.84 Å². The zero-order chi connectivity index (χ0) is 32.6.